The van der Waals surface area contributed by atoms with Crippen LogP contribution in [0.4, 0.5) is 5.69 Å². The number of piperidine rings is 1. The highest BCUT2D eigenvalue weighted by molar-refractivity contribution is 6.06. The molecule has 8 nitrogen and oxygen atoms in total. The second-order valence-corrected chi connectivity index (χ2v) is 10.8. The Morgan fingerprint density at radius 1 is 1.20 bits per heavy atom. The molecule has 5 aliphatic rings. The third kappa shape index (κ3) is 2.72. The van der Waals surface area contributed by atoms with E-state index < -0.39 is 22.0 Å². The predicted octanol–water partition coefficient (Wildman–Crippen LogP) is 3.13. The lowest BCUT2D eigenvalue weighted by Crippen LogP contribution is -2.77. The summed E-state index contributed by atoms with van der Waals surface area (Å²) >= 11 is 0. The number of hydrogen-bond donors (Lipinski definition) is 2. The number of ketones is 1. The second-order valence-electron chi connectivity index (χ2n) is 10.8. The van der Waals surface area contributed by atoms with Crippen molar-refractivity contribution in [3.8, 4) is 11.5 Å². The van der Waals surface area contributed by atoms with E-state index in [1.54, 1.807) is 24.3 Å². The number of rotatable bonds is 4. The molecule has 2 aliphatic heterocycles. The van der Waals surface area contributed by atoms with Crippen molar-refractivity contribution in [1.82, 2.24) is 4.90 Å². The van der Waals surface area contributed by atoms with Crippen LogP contribution in [0.3, 0.4) is 0 Å². The average Bonchev–Trinajstić information content (AvgIpc) is 3.57. The van der Waals surface area contributed by atoms with Crippen LogP contribution in [-0.2, 0) is 16.6 Å². The lowest BCUT2D eigenvalue weighted by atomic mass is 9.48. The van der Waals surface area contributed by atoms with E-state index >= 15 is 0 Å². The maximum Gasteiger partial charge on any atom is 0.269 e. The molecule has 2 N–H and O–H groups in total. The molecule has 4 atom stereocenters. The van der Waals surface area contributed by atoms with Crippen LogP contribution in [0.5, 0.6) is 11.5 Å². The van der Waals surface area contributed by atoms with Gasteiger partial charge in [-0.05, 0) is 73.5 Å². The Labute approximate surface area is 202 Å². The van der Waals surface area contributed by atoms with E-state index in [9.17, 15) is 25.1 Å². The molecule has 7 rings (SSSR count). The molecule has 0 amide bonds. The number of likely N-dealkylation sites (tertiary alicyclic amines) is 1. The van der Waals surface area contributed by atoms with Crippen LogP contribution in [0, 0.1) is 16.0 Å². The smallest absolute Gasteiger partial charge is 0.269 e. The van der Waals surface area contributed by atoms with E-state index in [-0.39, 0.29) is 29.7 Å². The number of nitrogens with zero attached hydrogens (tertiary/aromatic N) is 2. The molecular formula is C27H26N2O6. The monoisotopic (exact) mass is 474 g/mol. The zero-order valence-electron chi connectivity index (χ0n) is 19.1. The fourth-order valence-electron chi connectivity index (χ4n) is 7.20. The highest BCUT2D eigenvalue weighted by Crippen LogP contribution is 2.65. The van der Waals surface area contributed by atoms with Crippen LogP contribution < -0.4 is 4.74 Å². The van der Waals surface area contributed by atoms with Crippen molar-refractivity contribution >= 4 is 17.5 Å². The Balaban J connectivity index is 1.37. The predicted molar refractivity (Wildman–Crippen MR) is 126 cm³/mol. The largest absolute Gasteiger partial charge is 0.504 e. The van der Waals surface area contributed by atoms with Gasteiger partial charge in [0.2, 0.25) is 0 Å². The molecule has 2 aromatic carbocycles. The van der Waals surface area contributed by atoms with Gasteiger partial charge in [0.1, 0.15) is 0 Å². The summed E-state index contributed by atoms with van der Waals surface area (Å²) in [7, 11) is 0. The minimum absolute atomic E-state index is 0.00225. The van der Waals surface area contributed by atoms with Crippen LogP contribution in [-0.4, -0.2) is 56.7 Å². The summed E-state index contributed by atoms with van der Waals surface area (Å²) in [5, 5.41) is 34.3. The van der Waals surface area contributed by atoms with E-state index in [1.807, 2.05) is 6.07 Å². The number of ether oxygens (including phenoxy) is 1. The maximum atomic E-state index is 13.8. The normalized spacial score (nSPS) is 34.0. The van der Waals surface area contributed by atoms with Crippen molar-refractivity contribution in [2.75, 3.05) is 13.1 Å². The number of non-ortho nitro benzene ring substituents is 1. The lowest BCUT2D eigenvalue weighted by molar-refractivity contribution is -0.384. The fourth-order valence-corrected chi connectivity index (χ4v) is 7.20. The summed E-state index contributed by atoms with van der Waals surface area (Å²) in [5.74, 6) is 0.818. The molecule has 2 aromatic rings. The summed E-state index contributed by atoms with van der Waals surface area (Å²) in [6.07, 6.45) is 4.68. The topological polar surface area (TPSA) is 113 Å². The number of aromatic hydroxyl groups is 1. The number of phenols is 1. The van der Waals surface area contributed by atoms with Gasteiger partial charge in [0.25, 0.3) is 5.69 Å². The molecular weight excluding hydrogens is 448 g/mol. The van der Waals surface area contributed by atoms with E-state index in [1.165, 1.54) is 25.0 Å². The van der Waals surface area contributed by atoms with E-state index in [4.69, 9.17) is 4.74 Å². The number of aliphatic hydroxyl groups is 1. The Hall–Kier alpha value is -3.23. The molecule has 1 spiro atoms. The van der Waals surface area contributed by atoms with Gasteiger partial charge in [-0.2, -0.15) is 0 Å². The van der Waals surface area contributed by atoms with E-state index in [0.717, 1.165) is 24.2 Å². The number of Topliss-reactive ketones (excluding diaryl/α,β-unsaturated/α-hetero) is 1. The third-order valence-electron chi connectivity index (χ3n) is 8.97. The van der Waals surface area contributed by atoms with Crippen molar-refractivity contribution in [3.63, 3.8) is 0 Å². The van der Waals surface area contributed by atoms with E-state index in [0.29, 0.717) is 35.6 Å². The van der Waals surface area contributed by atoms with Gasteiger partial charge in [-0.25, -0.2) is 0 Å². The SMILES string of the molecule is O=C1/C(=C\c2ccc([N+](=O)[O-])cc2)C[C@@]2(O)C3Cc4ccc(O)c5c4C2(CCN3CC2CC2)[C@H]1O5. The highest BCUT2D eigenvalue weighted by Gasteiger charge is 2.74. The maximum absolute atomic E-state index is 13.8. The van der Waals surface area contributed by atoms with Crippen molar-refractivity contribution in [2.45, 2.75) is 55.3 Å². The molecule has 2 saturated carbocycles. The van der Waals surface area contributed by atoms with Gasteiger partial charge in [-0.3, -0.25) is 19.8 Å². The van der Waals surface area contributed by atoms with Crippen molar-refractivity contribution in [3.05, 3.63) is 68.8 Å². The van der Waals surface area contributed by atoms with Gasteiger partial charge >= 0.3 is 0 Å². The van der Waals surface area contributed by atoms with Gasteiger partial charge in [-0.1, -0.05) is 6.07 Å². The van der Waals surface area contributed by atoms with Crippen molar-refractivity contribution in [1.29, 1.82) is 0 Å². The highest BCUT2D eigenvalue weighted by atomic mass is 16.6. The van der Waals surface area contributed by atoms with Crippen LogP contribution in [0.1, 0.15) is 42.4 Å². The Kier molecular flexibility index (Phi) is 4.17. The molecule has 8 heteroatoms. The van der Waals surface area contributed by atoms with Gasteiger partial charge in [-0.15, -0.1) is 0 Å². The summed E-state index contributed by atoms with van der Waals surface area (Å²) in [6.45, 7) is 1.73. The first kappa shape index (κ1) is 21.1. The molecule has 3 fully saturated rings. The molecule has 3 aliphatic carbocycles. The summed E-state index contributed by atoms with van der Waals surface area (Å²) in [5.41, 5.74) is 0.848. The van der Waals surface area contributed by atoms with Gasteiger partial charge in [0.05, 0.1) is 15.9 Å². The zero-order valence-corrected chi connectivity index (χ0v) is 19.1. The molecule has 0 radical (unpaired) electrons. The average molecular weight is 475 g/mol. The second kappa shape index (κ2) is 6.92. The van der Waals surface area contributed by atoms with Crippen molar-refractivity contribution < 1.29 is 24.7 Å². The molecule has 2 bridgehead atoms. The van der Waals surface area contributed by atoms with Gasteiger partial charge in [0.15, 0.2) is 23.4 Å². The summed E-state index contributed by atoms with van der Waals surface area (Å²) in [6, 6.07) is 9.44. The number of phenolic OH excluding ortho intramolecular Hbond substituents is 1. The Morgan fingerprint density at radius 3 is 2.69 bits per heavy atom. The first-order valence-corrected chi connectivity index (χ1v) is 12.3. The summed E-state index contributed by atoms with van der Waals surface area (Å²) < 4.78 is 6.23. The molecule has 2 heterocycles. The lowest BCUT2D eigenvalue weighted by Gasteiger charge is -2.62. The molecule has 0 aromatic heterocycles. The minimum Gasteiger partial charge on any atom is -0.504 e. The number of nitro groups is 1. The van der Waals surface area contributed by atoms with Crippen LogP contribution in [0.25, 0.3) is 6.08 Å². The number of nitro benzene ring substituents is 1. The van der Waals surface area contributed by atoms with Crippen LogP contribution >= 0.6 is 0 Å². The molecule has 35 heavy (non-hydrogen) atoms. The third-order valence-corrected chi connectivity index (χ3v) is 8.97. The number of carbonyl (C=O) groups is 1. The number of carbonyl (C=O) groups excluding carboxylic acids is 1. The molecule has 180 valence electrons. The zero-order chi connectivity index (χ0) is 24.1. The van der Waals surface area contributed by atoms with Gasteiger partial charge in [0, 0.05) is 42.3 Å². The minimum atomic E-state index is -1.22. The first-order chi connectivity index (χ1) is 16.8. The van der Waals surface area contributed by atoms with Crippen LogP contribution in [0.2, 0.25) is 0 Å². The summed E-state index contributed by atoms with van der Waals surface area (Å²) in [4.78, 5) is 26.8. The van der Waals surface area contributed by atoms with Crippen LogP contribution in [0.15, 0.2) is 42.0 Å². The fraction of sp³-hybridized carbons (Fsp3) is 0.444. The number of benzene rings is 2. The quantitative estimate of drug-likeness (QED) is 0.398. The Morgan fingerprint density at radius 2 is 1.97 bits per heavy atom. The number of hydrogen-bond acceptors (Lipinski definition) is 7. The molecule has 2 unspecified atom stereocenters. The Bertz CT molecular complexity index is 1320. The van der Waals surface area contributed by atoms with Gasteiger partial charge < -0.3 is 14.9 Å². The van der Waals surface area contributed by atoms with E-state index in [2.05, 4.69) is 4.90 Å². The molecule has 1 saturated heterocycles. The standard InChI is InChI=1S/C27H26N2O6/c30-20-8-5-17-12-21-27(32)13-18(11-15-3-6-19(7-4-15)29(33)34)23(31)25-26(27,22(17)24(20)35-25)9-10-28(21)14-16-1-2-16/h3-8,11,16,21,25,30,32H,1-2,9-10,12-14H2/b18-11-/t21?,25-,26?,27+/m0/s1. The first-order valence-electron chi connectivity index (χ1n) is 12.3. The van der Waals surface area contributed by atoms with Crippen molar-refractivity contribution in [2.24, 2.45) is 5.92 Å².